The van der Waals surface area contributed by atoms with Gasteiger partial charge in [-0.15, -0.1) is 24.0 Å². The highest BCUT2D eigenvalue weighted by molar-refractivity contribution is 14.0. The van der Waals surface area contributed by atoms with Crippen molar-refractivity contribution in [1.82, 2.24) is 20.1 Å². The van der Waals surface area contributed by atoms with Crippen molar-refractivity contribution in [2.45, 2.75) is 39.7 Å². The number of halogens is 1. The Labute approximate surface area is 205 Å². The van der Waals surface area contributed by atoms with Gasteiger partial charge in [0.1, 0.15) is 5.82 Å². The van der Waals surface area contributed by atoms with Gasteiger partial charge in [0.25, 0.3) is 0 Å². The number of pyridine rings is 1. The lowest BCUT2D eigenvalue weighted by atomic mass is 9.96. The summed E-state index contributed by atoms with van der Waals surface area (Å²) in [6, 6.07) is 4.29. The van der Waals surface area contributed by atoms with Crippen molar-refractivity contribution in [2.75, 3.05) is 71.0 Å². The minimum absolute atomic E-state index is 0. The zero-order chi connectivity index (χ0) is 21.2. The van der Waals surface area contributed by atoms with Crippen molar-refractivity contribution in [2.24, 2.45) is 10.9 Å². The maximum atomic E-state index is 5.48. The number of aromatic nitrogens is 1. The summed E-state index contributed by atoms with van der Waals surface area (Å²) in [4.78, 5) is 16.7. The van der Waals surface area contributed by atoms with Crippen LogP contribution in [0.15, 0.2) is 23.3 Å². The third kappa shape index (κ3) is 8.38. The summed E-state index contributed by atoms with van der Waals surface area (Å²) in [5, 5.41) is 3.45. The molecule has 176 valence electrons. The van der Waals surface area contributed by atoms with Gasteiger partial charge in [-0.25, -0.2) is 9.98 Å². The SMILES string of the molecule is CCNC(=NCc1ccnc(N2CCN(CC)CC2)c1)N(C)CCC1CCOCC1.I. The van der Waals surface area contributed by atoms with E-state index in [1.807, 2.05) is 6.20 Å². The van der Waals surface area contributed by atoms with E-state index in [1.165, 1.54) is 24.8 Å². The predicted octanol–water partition coefficient (Wildman–Crippen LogP) is 3.06. The second-order valence-corrected chi connectivity index (χ2v) is 8.38. The van der Waals surface area contributed by atoms with Gasteiger partial charge in [-0.3, -0.25) is 0 Å². The lowest BCUT2D eigenvalue weighted by Gasteiger charge is -2.34. The number of aliphatic imine (C=N–C) groups is 1. The molecule has 0 unspecified atom stereocenters. The normalized spacial score (nSPS) is 18.5. The highest BCUT2D eigenvalue weighted by atomic mass is 127. The van der Waals surface area contributed by atoms with Crippen molar-refractivity contribution in [3.05, 3.63) is 23.9 Å². The van der Waals surface area contributed by atoms with Crippen LogP contribution in [0.5, 0.6) is 0 Å². The van der Waals surface area contributed by atoms with E-state index in [2.05, 4.69) is 58.0 Å². The minimum Gasteiger partial charge on any atom is -0.381 e. The molecule has 1 aromatic heterocycles. The molecule has 1 N–H and O–H groups in total. The van der Waals surface area contributed by atoms with Crippen molar-refractivity contribution >= 4 is 35.8 Å². The van der Waals surface area contributed by atoms with Crippen LogP contribution in [-0.4, -0.2) is 86.8 Å². The number of guanidine groups is 1. The Morgan fingerprint density at radius 3 is 2.65 bits per heavy atom. The van der Waals surface area contributed by atoms with Gasteiger partial charge in [-0.1, -0.05) is 6.92 Å². The van der Waals surface area contributed by atoms with Gasteiger partial charge < -0.3 is 24.8 Å². The predicted molar refractivity (Wildman–Crippen MR) is 140 cm³/mol. The number of likely N-dealkylation sites (N-methyl/N-ethyl adjacent to an activating group) is 1. The molecule has 0 aliphatic carbocycles. The standard InChI is InChI=1S/C23H40N6O.HI/c1-4-24-23(27(3)11-7-20-8-16-30-17-9-20)26-19-21-6-10-25-22(18-21)29-14-12-28(5-2)13-15-29;/h6,10,18,20H,4-5,7-9,11-17,19H2,1-3H3,(H,24,26);1H. The Hall–Kier alpha value is -1.13. The topological polar surface area (TPSA) is 56.2 Å². The molecule has 31 heavy (non-hydrogen) atoms. The molecule has 2 fully saturated rings. The number of hydrogen-bond donors (Lipinski definition) is 1. The lowest BCUT2D eigenvalue weighted by molar-refractivity contribution is 0.0625. The molecule has 0 saturated carbocycles. The van der Waals surface area contributed by atoms with Crippen molar-refractivity contribution < 1.29 is 4.74 Å². The maximum absolute atomic E-state index is 5.48. The fourth-order valence-electron chi connectivity index (χ4n) is 4.18. The zero-order valence-corrected chi connectivity index (χ0v) is 21.9. The summed E-state index contributed by atoms with van der Waals surface area (Å²) in [6.07, 6.45) is 5.50. The van der Waals surface area contributed by atoms with Crippen LogP contribution in [0.2, 0.25) is 0 Å². The third-order valence-electron chi connectivity index (χ3n) is 6.27. The fraction of sp³-hybridized carbons (Fsp3) is 0.739. The molecule has 0 spiro atoms. The van der Waals surface area contributed by atoms with E-state index >= 15 is 0 Å². The van der Waals surface area contributed by atoms with E-state index in [1.54, 1.807) is 0 Å². The number of rotatable bonds is 8. The number of hydrogen-bond acceptors (Lipinski definition) is 5. The minimum atomic E-state index is 0. The first-order chi connectivity index (χ1) is 14.7. The van der Waals surface area contributed by atoms with Crippen molar-refractivity contribution in [3.8, 4) is 0 Å². The third-order valence-corrected chi connectivity index (χ3v) is 6.27. The number of nitrogens with one attached hydrogen (secondary N) is 1. The van der Waals surface area contributed by atoms with Crippen LogP contribution in [0.3, 0.4) is 0 Å². The average Bonchev–Trinajstić information content (AvgIpc) is 2.81. The van der Waals surface area contributed by atoms with Gasteiger partial charge in [-0.05, 0) is 56.3 Å². The highest BCUT2D eigenvalue weighted by Crippen LogP contribution is 2.19. The highest BCUT2D eigenvalue weighted by Gasteiger charge is 2.17. The summed E-state index contributed by atoms with van der Waals surface area (Å²) in [6.45, 7) is 14.2. The second kappa shape index (κ2) is 14.1. The lowest BCUT2D eigenvalue weighted by Crippen LogP contribution is -2.46. The van der Waals surface area contributed by atoms with Gasteiger partial charge in [-0.2, -0.15) is 0 Å². The Morgan fingerprint density at radius 1 is 1.23 bits per heavy atom. The fourth-order valence-corrected chi connectivity index (χ4v) is 4.18. The summed E-state index contributed by atoms with van der Waals surface area (Å²) in [5.41, 5.74) is 1.21. The van der Waals surface area contributed by atoms with Gasteiger partial charge in [0.15, 0.2) is 5.96 Å². The molecule has 8 heteroatoms. The number of nitrogens with zero attached hydrogens (tertiary/aromatic N) is 5. The summed E-state index contributed by atoms with van der Waals surface area (Å²) < 4.78 is 5.48. The number of anilines is 1. The molecule has 3 heterocycles. The molecule has 1 aromatic rings. The first-order valence-electron chi connectivity index (χ1n) is 11.7. The summed E-state index contributed by atoms with van der Waals surface area (Å²) in [7, 11) is 2.14. The zero-order valence-electron chi connectivity index (χ0n) is 19.6. The Balaban J connectivity index is 0.00000341. The molecule has 0 aromatic carbocycles. The number of piperazine rings is 1. The van der Waals surface area contributed by atoms with Gasteiger partial charge in [0.05, 0.1) is 6.54 Å². The maximum Gasteiger partial charge on any atom is 0.193 e. The molecule has 2 saturated heterocycles. The van der Waals surface area contributed by atoms with Crippen LogP contribution in [0.4, 0.5) is 5.82 Å². The Bertz CT molecular complexity index is 659. The van der Waals surface area contributed by atoms with Gasteiger partial charge in [0, 0.05) is 65.7 Å². The van der Waals surface area contributed by atoms with E-state index in [9.17, 15) is 0 Å². The summed E-state index contributed by atoms with van der Waals surface area (Å²) in [5.74, 6) is 2.84. The van der Waals surface area contributed by atoms with E-state index < -0.39 is 0 Å². The van der Waals surface area contributed by atoms with Crippen LogP contribution in [0, 0.1) is 5.92 Å². The molecular formula is C23H41IN6O. The van der Waals surface area contributed by atoms with Crippen LogP contribution in [-0.2, 0) is 11.3 Å². The first kappa shape index (κ1) is 26.1. The van der Waals surface area contributed by atoms with Crippen LogP contribution in [0.25, 0.3) is 0 Å². The first-order valence-corrected chi connectivity index (χ1v) is 11.7. The molecule has 2 aliphatic heterocycles. The Kier molecular flexibility index (Phi) is 11.9. The van der Waals surface area contributed by atoms with E-state index in [0.717, 1.165) is 76.7 Å². The molecule has 3 rings (SSSR count). The molecule has 7 nitrogen and oxygen atoms in total. The average molecular weight is 545 g/mol. The van der Waals surface area contributed by atoms with Crippen LogP contribution in [0.1, 0.15) is 38.7 Å². The molecule has 2 aliphatic rings. The van der Waals surface area contributed by atoms with E-state index in [-0.39, 0.29) is 24.0 Å². The Morgan fingerprint density at radius 2 is 1.97 bits per heavy atom. The van der Waals surface area contributed by atoms with E-state index in [0.29, 0.717) is 6.54 Å². The number of ether oxygens (including phenoxy) is 1. The van der Waals surface area contributed by atoms with Crippen molar-refractivity contribution in [1.29, 1.82) is 0 Å². The molecule has 0 atom stereocenters. The second-order valence-electron chi connectivity index (χ2n) is 8.38. The largest absolute Gasteiger partial charge is 0.381 e. The molecule has 0 radical (unpaired) electrons. The van der Waals surface area contributed by atoms with Crippen LogP contribution < -0.4 is 10.2 Å². The van der Waals surface area contributed by atoms with Crippen LogP contribution >= 0.6 is 24.0 Å². The quantitative estimate of drug-likeness (QED) is 0.309. The van der Waals surface area contributed by atoms with Crippen molar-refractivity contribution in [3.63, 3.8) is 0 Å². The molecule has 0 amide bonds. The monoisotopic (exact) mass is 544 g/mol. The molecular weight excluding hydrogens is 503 g/mol. The summed E-state index contributed by atoms with van der Waals surface area (Å²) >= 11 is 0. The van der Waals surface area contributed by atoms with Gasteiger partial charge >= 0.3 is 0 Å². The van der Waals surface area contributed by atoms with Gasteiger partial charge in [0.2, 0.25) is 0 Å². The smallest absolute Gasteiger partial charge is 0.193 e. The molecule has 0 bridgehead atoms. The van der Waals surface area contributed by atoms with E-state index in [4.69, 9.17) is 9.73 Å².